The maximum absolute atomic E-state index is 13.3. The second kappa shape index (κ2) is 8.93. The highest BCUT2D eigenvalue weighted by molar-refractivity contribution is 5.93. The van der Waals surface area contributed by atoms with Crippen molar-refractivity contribution in [1.29, 1.82) is 0 Å². The Morgan fingerprint density at radius 1 is 1.17 bits per heavy atom. The van der Waals surface area contributed by atoms with Crippen LogP contribution < -0.4 is 5.32 Å². The lowest BCUT2D eigenvalue weighted by Gasteiger charge is -2.26. The molecule has 1 amide bonds. The van der Waals surface area contributed by atoms with E-state index in [1.807, 2.05) is 12.1 Å². The molecular weight excluding hydrogens is 373 g/mol. The first-order chi connectivity index (χ1) is 14.2. The minimum absolute atomic E-state index is 0.246. The number of hydrogen-bond donors (Lipinski definition) is 1. The fourth-order valence-electron chi connectivity index (χ4n) is 3.23. The summed E-state index contributed by atoms with van der Waals surface area (Å²) in [5.74, 6) is -0.575. The number of halogens is 1. The van der Waals surface area contributed by atoms with E-state index < -0.39 is 0 Å². The minimum Gasteiger partial charge on any atom is -0.379 e. The molecule has 0 unspecified atom stereocenters. The van der Waals surface area contributed by atoms with Gasteiger partial charge in [-0.15, -0.1) is 0 Å². The van der Waals surface area contributed by atoms with Crippen molar-refractivity contribution in [2.75, 3.05) is 39.4 Å². The van der Waals surface area contributed by atoms with Crippen LogP contribution in [0.15, 0.2) is 54.9 Å². The van der Waals surface area contributed by atoms with Crippen LogP contribution in [-0.2, 0) is 4.74 Å². The SMILES string of the molecule is O=C(NCCN1CCOCC1)c1cc(-c2cccnc2)n(-c2ccc(F)cc2)n1. The summed E-state index contributed by atoms with van der Waals surface area (Å²) >= 11 is 0. The first-order valence-electron chi connectivity index (χ1n) is 9.55. The van der Waals surface area contributed by atoms with Gasteiger partial charge in [0.25, 0.3) is 5.91 Å². The van der Waals surface area contributed by atoms with Gasteiger partial charge in [0.1, 0.15) is 5.82 Å². The Bertz CT molecular complexity index is 953. The number of pyridine rings is 1. The van der Waals surface area contributed by atoms with Gasteiger partial charge in [0.2, 0.25) is 0 Å². The quantitative estimate of drug-likeness (QED) is 0.692. The molecule has 0 saturated carbocycles. The summed E-state index contributed by atoms with van der Waals surface area (Å²) in [5.41, 5.74) is 2.49. The number of hydrogen-bond acceptors (Lipinski definition) is 5. The zero-order chi connectivity index (χ0) is 20.1. The van der Waals surface area contributed by atoms with Crippen molar-refractivity contribution >= 4 is 5.91 Å². The molecular formula is C21H22FN5O2. The Morgan fingerprint density at radius 2 is 1.97 bits per heavy atom. The van der Waals surface area contributed by atoms with E-state index in [1.165, 1.54) is 12.1 Å². The van der Waals surface area contributed by atoms with Crippen LogP contribution in [0.3, 0.4) is 0 Å². The van der Waals surface area contributed by atoms with Gasteiger partial charge in [-0.05, 0) is 42.5 Å². The van der Waals surface area contributed by atoms with E-state index in [-0.39, 0.29) is 11.7 Å². The molecule has 3 aromatic rings. The molecule has 1 aliphatic rings. The highest BCUT2D eigenvalue weighted by Gasteiger charge is 2.17. The third-order valence-corrected chi connectivity index (χ3v) is 4.79. The number of carbonyl (C=O) groups excluding carboxylic acids is 1. The molecule has 1 N–H and O–H groups in total. The molecule has 29 heavy (non-hydrogen) atoms. The number of amides is 1. The van der Waals surface area contributed by atoms with Gasteiger partial charge in [0.15, 0.2) is 5.69 Å². The predicted molar refractivity (Wildman–Crippen MR) is 106 cm³/mol. The number of nitrogens with zero attached hydrogens (tertiary/aromatic N) is 4. The van der Waals surface area contributed by atoms with Crippen LogP contribution >= 0.6 is 0 Å². The summed E-state index contributed by atoms with van der Waals surface area (Å²) in [7, 11) is 0. The van der Waals surface area contributed by atoms with E-state index in [4.69, 9.17) is 4.74 Å². The van der Waals surface area contributed by atoms with Gasteiger partial charge < -0.3 is 10.1 Å². The lowest BCUT2D eigenvalue weighted by atomic mass is 10.2. The Labute approximate surface area is 168 Å². The Hall–Kier alpha value is -3.10. The summed E-state index contributed by atoms with van der Waals surface area (Å²) in [6, 6.07) is 11.4. The van der Waals surface area contributed by atoms with Crippen LogP contribution in [0.25, 0.3) is 16.9 Å². The number of morpholine rings is 1. The van der Waals surface area contributed by atoms with Gasteiger partial charge >= 0.3 is 0 Å². The maximum atomic E-state index is 13.3. The van der Waals surface area contributed by atoms with E-state index in [0.29, 0.717) is 23.6 Å². The van der Waals surface area contributed by atoms with Crippen molar-refractivity contribution in [2.45, 2.75) is 0 Å². The number of nitrogens with one attached hydrogen (secondary N) is 1. The van der Waals surface area contributed by atoms with Crippen molar-refractivity contribution in [1.82, 2.24) is 25.0 Å². The Kier molecular flexibility index (Phi) is 5.92. The molecule has 0 spiro atoms. The van der Waals surface area contributed by atoms with Gasteiger partial charge in [-0.3, -0.25) is 14.7 Å². The normalized spacial score (nSPS) is 14.7. The van der Waals surface area contributed by atoms with Crippen LogP contribution in [0.5, 0.6) is 0 Å². The van der Waals surface area contributed by atoms with Crippen molar-refractivity contribution in [3.05, 3.63) is 66.4 Å². The van der Waals surface area contributed by atoms with E-state index in [9.17, 15) is 9.18 Å². The summed E-state index contributed by atoms with van der Waals surface area (Å²) in [6.07, 6.45) is 3.39. The standard InChI is InChI=1S/C21H22FN5O2/c22-17-3-5-18(6-4-17)27-20(16-2-1-7-23-15-16)14-19(25-27)21(28)24-8-9-26-10-12-29-13-11-26/h1-7,14-15H,8-13H2,(H,24,28). The molecule has 4 rings (SSSR count). The zero-order valence-corrected chi connectivity index (χ0v) is 15.9. The third kappa shape index (κ3) is 4.67. The van der Waals surface area contributed by atoms with Crippen LogP contribution in [-0.4, -0.2) is 65.0 Å². The maximum Gasteiger partial charge on any atom is 0.271 e. The fourth-order valence-corrected chi connectivity index (χ4v) is 3.23. The Balaban J connectivity index is 1.54. The van der Waals surface area contributed by atoms with Crippen LogP contribution in [0.2, 0.25) is 0 Å². The van der Waals surface area contributed by atoms with E-state index in [1.54, 1.807) is 35.3 Å². The molecule has 8 heteroatoms. The highest BCUT2D eigenvalue weighted by atomic mass is 19.1. The molecule has 0 aliphatic carbocycles. The molecule has 1 aliphatic heterocycles. The smallest absolute Gasteiger partial charge is 0.271 e. The molecule has 1 fully saturated rings. The van der Waals surface area contributed by atoms with Gasteiger partial charge in [0, 0.05) is 44.1 Å². The van der Waals surface area contributed by atoms with Crippen molar-refractivity contribution in [2.24, 2.45) is 0 Å². The van der Waals surface area contributed by atoms with Crippen LogP contribution in [0.4, 0.5) is 4.39 Å². The molecule has 2 aromatic heterocycles. The first kappa shape index (κ1) is 19.2. The molecule has 0 atom stereocenters. The molecule has 1 saturated heterocycles. The van der Waals surface area contributed by atoms with Crippen molar-refractivity contribution < 1.29 is 13.9 Å². The van der Waals surface area contributed by atoms with Gasteiger partial charge in [0.05, 0.1) is 24.6 Å². The second-order valence-corrected chi connectivity index (χ2v) is 6.75. The number of benzene rings is 1. The topological polar surface area (TPSA) is 72.3 Å². The van der Waals surface area contributed by atoms with Gasteiger partial charge in [-0.2, -0.15) is 5.10 Å². The zero-order valence-electron chi connectivity index (χ0n) is 15.9. The van der Waals surface area contributed by atoms with E-state index in [2.05, 4.69) is 20.3 Å². The van der Waals surface area contributed by atoms with E-state index >= 15 is 0 Å². The average molecular weight is 395 g/mol. The molecule has 0 radical (unpaired) electrons. The van der Waals surface area contributed by atoms with Gasteiger partial charge in [-0.1, -0.05) is 0 Å². The lowest BCUT2D eigenvalue weighted by Crippen LogP contribution is -2.41. The number of rotatable bonds is 6. The molecule has 3 heterocycles. The monoisotopic (exact) mass is 395 g/mol. The number of aromatic nitrogens is 3. The Morgan fingerprint density at radius 3 is 2.69 bits per heavy atom. The predicted octanol–water partition coefficient (Wildman–Crippen LogP) is 2.14. The number of carbonyl (C=O) groups is 1. The number of ether oxygens (including phenoxy) is 1. The molecule has 1 aromatic carbocycles. The third-order valence-electron chi connectivity index (χ3n) is 4.79. The van der Waals surface area contributed by atoms with Crippen molar-refractivity contribution in [3.8, 4) is 16.9 Å². The average Bonchev–Trinajstić information content (AvgIpc) is 3.21. The molecule has 150 valence electrons. The second-order valence-electron chi connectivity index (χ2n) is 6.75. The highest BCUT2D eigenvalue weighted by Crippen LogP contribution is 2.23. The molecule has 0 bridgehead atoms. The van der Waals surface area contributed by atoms with Crippen LogP contribution in [0.1, 0.15) is 10.5 Å². The first-order valence-corrected chi connectivity index (χ1v) is 9.55. The molecule has 7 nitrogen and oxygen atoms in total. The summed E-state index contributed by atoms with van der Waals surface area (Å²) in [6.45, 7) is 4.50. The summed E-state index contributed by atoms with van der Waals surface area (Å²) < 4.78 is 20.3. The van der Waals surface area contributed by atoms with Crippen molar-refractivity contribution in [3.63, 3.8) is 0 Å². The lowest BCUT2D eigenvalue weighted by molar-refractivity contribution is 0.0383. The minimum atomic E-state index is -0.329. The van der Waals surface area contributed by atoms with E-state index in [0.717, 1.165) is 38.4 Å². The largest absolute Gasteiger partial charge is 0.379 e. The summed E-state index contributed by atoms with van der Waals surface area (Å²) in [5, 5.41) is 7.40. The summed E-state index contributed by atoms with van der Waals surface area (Å²) in [4.78, 5) is 19.1. The fraction of sp³-hybridized carbons (Fsp3) is 0.286. The van der Waals surface area contributed by atoms with Gasteiger partial charge in [-0.25, -0.2) is 9.07 Å². The van der Waals surface area contributed by atoms with Crippen LogP contribution in [0, 0.1) is 5.82 Å².